The van der Waals surface area contributed by atoms with Crippen LogP contribution >= 0.6 is 0 Å². The molecule has 0 radical (unpaired) electrons. The van der Waals surface area contributed by atoms with Gasteiger partial charge in [-0.1, -0.05) is 42.5 Å². The van der Waals surface area contributed by atoms with Crippen LogP contribution < -0.4 is 5.73 Å². The molecule has 0 fully saturated rings. The first-order valence-corrected chi connectivity index (χ1v) is 7.40. The highest BCUT2D eigenvalue weighted by Gasteiger charge is 2.11. The van der Waals surface area contributed by atoms with Crippen molar-refractivity contribution >= 4 is 10.8 Å². The molecule has 0 bridgehead atoms. The molecule has 3 rings (SSSR count). The predicted molar refractivity (Wildman–Crippen MR) is 87.5 cm³/mol. The fraction of sp³-hybridized carbons (Fsp3) is 0.278. The number of rotatable bonds is 4. The number of nitrogens with zero attached hydrogens (tertiary/aromatic N) is 2. The molecule has 1 aromatic heterocycles. The topological polar surface area (TPSA) is 43.8 Å². The lowest BCUT2D eigenvalue weighted by Crippen LogP contribution is -2.07. The molecule has 0 aliphatic carbocycles. The van der Waals surface area contributed by atoms with E-state index in [4.69, 9.17) is 10.8 Å². The molecule has 0 saturated heterocycles. The van der Waals surface area contributed by atoms with Crippen molar-refractivity contribution in [2.75, 3.05) is 6.54 Å². The second kappa shape index (κ2) is 5.70. The molecule has 0 saturated carbocycles. The first-order valence-electron chi connectivity index (χ1n) is 7.40. The molecule has 1 heterocycles. The molecule has 2 N–H and O–H groups in total. The summed E-state index contributed by atoms with van der Waals surface area (Å²) in [6.07, 6.45) is 0.896. The van der Waals surface area contributed by atoms with Crippen LogP contribution in [0.4, 0.5) is 0 Å². The van der Waals surface area contributed by atoms with Gasteiger partial charge >= 0.3 is 0 Å². The van der Waals surface area contributed by atoms with E-state index in [-0.39, 0.29) is 0 Å². The van der Waals surface area contributed by atoms with E-state index in [0.717, 1.165) is 18.7 Å². The summed E-state index contributed by atoms with van der Waals surface area (Å²) in [5, 5.41) is 7.27. The predicted octanol–water partition coefficient (Wildman–Crippen LogP) is 3.20. The van der Waals surface area contributed by atoms with Crippen molar-refractivity contribution in [1.29, 1.82) is 0 Å². The summed E-state index contributed by atoms with van der Waals surface area (Å²) in [6.45, 7) is 5.67. The molecule has 3 aromatic rings. The highest BCUT2D eigenvalue weighted by molar-refractivity contribution is 5.85. The molecule has 21 heavy (non-hydrogen) atoms. The first kappa shape index (κ1) is 13.8. The Morgan fingerprint density at radius 3 is 2.62 bits per heavy atom. The van der Waals surface area contributed by atoms with Crippen LogP contribution in [0.25, 0.3) is 10.8 Å². The Labute approximate surface area is 125 Å². The van der Waals surface area contributed by atoms with Gasteiger partial charge in [0.05, 0.1) is 12.2 Å². The minimum atomic E-state index is 0.668. The summed E-state index contributed by atoms with van der Waals surface area (Å²) in [5.74, 6) is 0. The SMILES string of the molecule is Cc1nn(Cc2cccc3ccccc23)c(C)c1CCN. The largest absolute Gasteiger partial charge is 0.330 e. The van der Waals surface area contributed by atoms with E-state index in [1.54, 1.807) is 0 Å². The molecule has 0 unspecified atom stereocenters. The molecule has 0 aliphatic rings. The Balaban J connectivity index is 2.01. The van der Waals surface area contributed by atoms with Gasteiger partial charge in [0.15, 0.2) is 0 Å². The van der Waals surface area contributed by atoms with Gasteiger partial charge in [-0.3, -0.25) is 4.68 Å². The van der Waals surface area contributed by atoms with Gasteiger partial charge in [0.1, 0.15) is 0 Å². The summed E-state index contributed by atoms with van der Waals surface area (Å²) in [6, 6.07) is 14.9. The molecular formula is C18H21N3. The average Bonchev–Trinajstić information content (AvgIpc) is 2.76. The van der Waals surface area contributed by atoms with Gasteiger partial charge < -0.3 is 5.73 Å². The number of aryl methyl sites for hydroxylation is 1. The van der Waals surface area contributed by atoms with Crippen LogP contribution in [0.3, 0.4) is 0 Å². The summed E-state index contributed by atoms with van der Waals surface area (Å²) in [5.41, 5.74) is 10.6. The molecule has 3 nitrogen and oxygen atoms in total. The molecule has 108 valence electrons. The highest BCUT2D eigenvalue weighted by atomic mass is 15.3. The third-order valence-corrected chi connectivity index (χ3v) is 4.13. The van der Waals surface area contributed by atoms with Gasteiger partial charge in [0.25, 0.3) is 0 Å². The highest BCUT2D eigenvalue weighted by Crippen LogP contribution is 2.21. The van der Waals surface area contributed by atoms with E-state index in [1.807, 2.05) is 0 Å². The minimum Gasteiger partial charge on any atom is -0.330 e. The summed E-state index contributed by atoms with van der Waals surface area (Å²) in [7, 11) is 0. The van der Waals surface area contributed by atoms with Gasteiger partial charge in [-0.2, -0.15) is 5.10 Å². The molecule has 3 heteroatoms. The van der Waals surface area contributed by atoms with Crippen LogP contribution in [0.15, 0.2) is 42.5 Å². The van der Waals surface area contributed by atoms with Crippen molar-refractivity contribution in [1.82, 2.24) is 9.78 Å². The van der Waals surface area contributed by atoms with Crippen LogP contribution in [0, 0.1) is 13.8 Å². The molecule has 0 aliphatic heterocycles. The Morgan fingerprint density at radius 1 is 1.05 bits per heavy atom. The number of nitrogens with two attached hydrogens (primary N) is 1. The van der Waals surface area contributed by atoms with E-state index < -0.39 is 0 Å². The third-order valence-electron chi connectivity index (χ3n) is 4.13. The average molecular weight is 279 g/mol. The van der Waals surface area contributed by atoms with Crippen LogP contribution in [0.1, 0.15) is 22.5 Å². The van der Waals surface area contributed by atoms with Gasteiger partial charge in [0.2, 0.25) is 0 Å². The molecule has 2 aromatic carbocycles. The van der Waals surface area contributed by atoms with Gasteiger partial charge in [-0.05, 0) is 48.7 Å². The summed E-state index contributed by atoms with van der Waals surface area (Å²) < 4.78 is 2.10. The smallest absolute Gasteiger partial charge is 0.0668 e. The van der Waals surface area contributed by atoms with E-state index in [9.17, 15) is 0 Å². The summed E-state index contributed by atoms with van der Waals surface area (Å²) >= 11 is 0. The number of hydrogen-bond acceptors (Lipinski definition) is 2. The first-order chi connectivity index (χ1) is 10.2. The quantitative estimate of drug-likeness (QED) is 0.797. The van der Waals surface area contributed by atoms with Crippen LogP contribution in [-0.4, -0.2) is 16.3 Å². The maximum Gasteiger partial charge on any atom is 0.0668 e. The van der Waals surface area contributed by atoms with E-state index in [1.165, 1.54) is 27.6 Å². The van der Waals surface area contributed by atoms with Crippen LogP contribution in [0.2, 0.25) is 0 Å². The maximum atomic E-state index is 5.70. The zero-order chi connectivity index (χ0) is 14.8. The molecule has 0 spiro atoms. The van der Waals surface area contributed by atoms with Gasteiger partial charge in [-0.15, -0.1) is 0 Å². The van der Waals surface area contributed by atoms with Gasteiger partial charge in [-0.25, -0.2) is 0 Å². The third kappa shape index (κ3) is 2.57. The lowest BCUT2D eigenvalue weighted by atomic mass is 10.0. The van der Waals surface area contributed by atoms with Crippen LogP contribution in [0.5, 0.6) is 0 Å². The number of hydrogen-bond donors (Lipinski definition) is 1. The van der Waals surface area contributed by atoms with Crippen molar-refractivity contribution in [2.24, 2.45) is 5.73 Å². The van der Waals surface area contributed by atoms with Crippen molar-refractivity contribution < 1.29 is 0 Å². The zero-order valence-corrected chi connectivity index (χ0v) is 12.6. The lowest BCUT2D eigenvalue weighted by molar-refractivity contribution is 0.661. The van der Waals surface area contributed by atoms with Crippen molar-refractivity contribution in [2.45, 2.75) is 26.8 Å². The zero-order valence-electron chi connectivity index (χ0n) is 12.6. The molecule has 0 amide bonds. The normalized spacial score (nSPS) is 11.2. The fourth-order valence-corrected chi connectivity index (χ4v) is 2.99. The second-order valence-electron chi connectivity index (χ2n) is 5.48. The van der Waals surface area contributed by atoms with Crippen LogP contribution in [-0.2, 0) is 13.0 Å². The van der Waals surface area contributed by atoms with E-state index in [2.05, 4.69) is 61.0 Å². The molecule has 0 atom stereocenters. The lowest BCUT2D eigenvalue weighted by Gasteiger charge is -2.09. The monoisotopic (exact) mass is 279 g/mol. The number of fused-ring (bicyclic) bond motifs is 1. The van der Waals surface area contributed by atoms with Crippen molar-refractivity contribution in [3.8, 4) is 0 Å². The Kier molecular flexibility index (Phi) is 3.76. The maximum absolute atomic E-state index is 5.70. The fourth-order valence-electron chi connectivity index (χ4n) is 2.99. The second-order valence-corrected chi connectivity index (χ2v) is 5.48. The Hall–Kier alpha value is -2.13. The Morgan fingerprint density at radius 2 is 1.81 bits per heavy atom. The Bertz CT molecular complexity index is 766. The standard InChI is InChI=1S/C18H21N3/c1-13-17(10-11-19)14(2)21(20-13)12-16-8-5-7-15-6-3-4-9-18(15)16/h3-9H,10-12,19H2,1-2H3. The van der Waals surface area contributed by atoms with Gasteiger partial charge in [0, 0.05) is 5.69 Å². The summed E-state index contributed by atoms with van der Waals surface area (Å²) in [4.78, 5) is 0. The molecular weight excluding hydrogens is 258 g/mol. The minimum absolute atomic E-state index is 0.668. The van der Waals surface area contributed by atoms with Crippen molar-refractivity contribution in [3.63, 3.8) is 0 Å². The van der Waals surface area contributed by atoms with E-state index in [0.29, 0.717) is 6.54 Å². The number of aromatic nitrogens is 2. The number of benzene rings is 2. The van der Waals surface area contributed by atoms with E-state index >= 15 is 0 Å². The van der Waals surface area contributed by atoms with Crippen molar-refractivity contribution in [3.05, 3.63) is 65.0 Å².